The van der Waals surface area contributed by atoms with Crippen LogP contribution in [0.15, 0.2) is 65.6 Å². The van der Waals surface area contributed by atoms with Gasteiger partial charge in [0.2, 0.25) is 0 Å². The van der Waals surface area contributed by atoms with E-state index in [-0.39, 0.29) is 0 Å². The zero-order chi connectivity index (χ0) is 13.9. The highest BCUT2D eigenvalue weighted by molar-refractivity contribution is 7.85. The molecule has 0 amide bonds. The van der Waals surface area contributed by atoms with Crippen molar-refractivity contribution in [3.8, 4) is 0 Å². The second kappa shape index (κ2) is 5.68. The highest BCUT2D eigenvalue weighted by Crippen LogP contribution is 2.34. The van der Waals surface area contributed by atoms with E-state index in [0.717, 1.165) is 10.5 Å². The maximum Gasteiger partial charge on any atom is 0.0925 e. The Labute approximate surface area is 116 Å². The van der Waals surface area contributed by atoms with Gasteiger partial charge in [-0.05, 0) is 31.5 Å². The minimum Gasteiger partial charge on any atom is -0.389 e. The first kappa shape index (κ1) is 14.0. The van der Waals surface area contributed by atoms with E-state index in [1.54, 1.807) is 13.8 Å². The number of hydrogen-bond acceptors (Lipinski definition) is 2. The Hall–Kier alpha value is -1.45. The maximum atomic E-state index is 12.7. The van der Waals surface area contributed by atoms with E-state index in [1.807, 2.05) is 60.7 Å². The lowest BCUT2D eigenvalue weighted by Gasteiger charge is -2.29. The lowest BCUT2D eigenvalue weighted by atomic mass is 9.98. The summed E-state index contributed by atoms with van der Waals surface area (Å²) in [6, 6.07) is 18.8. The number of benzene rings is 2. The molecular formula is C16H18O2S. The zero-order valence-electron chi connectivity index (χ0n) is 11.1. The van der Waals surface area contributed by atoms with Crippen LogP contribution in [-0.4, -0.2) is 14.9 Å². The molecule has 2 aromatic rings. The Morgan fingerprint density at radius 2 is 1.42 bits per heavy atom. The van der Waals surface area contributed by atoms with Gasteiger partial charge in [-0.1, -0.05) is 48.5 Å². The third kappa shape index (κ3) is 3.31. The molecular weight excluding hydrogens is 256 g/mol. The lowest BCUT2D eigenvalue weighted by Crippen LogP contribution is -2.32. The normalized spacial score (nSPS) is 14.9. The van der Waals surface area contributed by atoms with Crippen molar-refractivity contribution in [1.29, 1.82) is 0 Å². The van der Waals surface area contributed by atoms with Crippen LogP contribution < -0.4 is 0 Å². The number of rotatable bonds is 4. The van der Waals surface area contributed by atoms with E-state index in [0.29, 0.717) is 0 Å². The second-order valence-electron chi connectivity index (χ2n) is 5.05. The molecule has 0 fully saturated rings. The molecule has 0 spiro atoms. The predicted molar refractivity (Wildman–Crippen MR) is 78.3 cm³/mol. The molecule has 0 aliphatic heterocycles. The Kier molecular flexibility index (Phi) is 4.17. The first-order valence-electron chi connectivity index (χ1n) is 6.23. The maximum absolute atomic E-state index is 12.7. The van der Waals surface area contributed by atoms with Crippen molar-refractivity contribution in [1.82, 2.24) is 0 Å². The molecule has 0 saturated heterocycles. The molecule has 0 aliphatic rings. The van der Waals surface area contributed by atoms with Gasteiger partial charge in [0.15, 0.2) is 0 Å². The fourth-order valence-electron chi connectivity index (χ4n) is 2.11. The standard InChI is InChI=1S/C16H18O2S/c1-16(2,17)15(13-9-5-3-6-10-13)19(18)14-11-7-4-8-12-14/h3-12,15,17H,1-2H3. The number of aliphatic hydroxyl groups is 1. The average Bonchev–Trinajstić information content (AvgIpc) is 2.39. The topological polar surface area (TPSA) is 37.3 Å². The van der Waals surface area contributed by atoms with E-state index >= 15 is 0 Å². The first-order chi connectivity index (χ1) is 9.00. The van der Waals surface area contributed by atoms with Gasteiger partial charge in [0.25, 0.3) is 0 Å². The molecule has 0 bridgehead atoms. The van der Waals surface area contributed by atoms with Gasteiger partial charge in [-0.3, -0.25) is 4.21 Å². The van der Waals surface area contributed by atoms with Crippen LogP contribution in [0.1, 0.15) is 24.7 Å². The van der Waals surface area contributed by atoms with Crippen molar-refractivity contribution < 1.29 is 9.32 Å². The van der Waals surface area contributed by atoms with E-state index < -0.39 is 21.7 Å². The molecule has 2 unspecified atom stereocenters. The Morgan fingerprint density at radius 3 is 1.89 bits per heavy atom. The summed E-state index contributed by atoms with van der Waals surface area (Å²) in [6.07, 6.45) is 0. The quantitative estimate of drug-likeness (QED) is 0.928. The zero-order valence-corrected chi connectivity index (χ0v) is 11.9. The number of hydrogen-bond donors (Lipinski definition) is 1. The third-order valence-electron chi connectivity index (χ3n) is 2.93. The molecule has 100 valence electrons. The van der Waals surface area contributed by atoms with Crippen LogP contribution in [0.4, 0.5) is 0 Å². The molecule has 19 heavy (non-hydrogen) atoms. The SMILES string of the molecule is CC(C)(O)C(c1ccccc1)S(=O)c1ccccc1. The van der Waals surface area contributed by atoms with Crippen molar-refractivity contribution in [2.24, 2.45) is 0 Å². The molecule has 0 heterocycles. The van der Waals surface area contributed by atoms with Gasteiger partial charge in [0.1, 0.15) is 0 Å². The third-order valence-corrected chi connectivity index (χ3v) is 4.95. The van der Waals surface area contributed by atoms with E-state index in [1.165, 1.54) is 0 Å². The van der Waals surface area contributed by atoms with Gasteiger partial charge in [-0.2, -0.15) is 0 Å². The molecule has 0 aliphatic carbocycles. The summed E-state index contributed by atoms with van der Waals surface area (Å²) in [6.45, 7) is 3.40. The van der Waals surface area contributed by atoms with E-state index in [2.05, 4.69) is 0 Å². The van der Waals surface area contributed by atoms with Gasteiger partial charge in [-0.25, -0.2) is 0 Å². The fraction of sp³-hybridized carbons (Fsp3) is 0.250. The van der Waals surface area contributed by atoms with Gasteiger partial charge in [0, 0.05) is 4.90 Å². The van der Waals surface area contributed by atoms with Crippen LogP contribution in [0.25, 0.3) is 0 Å². The van der Waals surface area contributed by atoms with Gasteiger partial charge in [-0.15, -0.1) is 0 Å². The summed E-state index contributed by atoms with van der Waals surface area (Å²) in [5.74, 6) is 0. The van der Waals surface area contributed by atoms with Crippen molar-refractivity contribution in [2.45, 2.75) is 29.6 Å². The monoisotopic (exact) mass is 274 g/mol. The Balaban J connectivity index is 2.43. The van der Waals surface area contributed by atoms with Crippen molar-refractivity contribution in [3.05, 3.63) is 66.2 Å². The van der Waals surface area contributed by atoms with Gasteiger partial charge in [0.05, 0.1) is 21.7 Å². The molecule has 0 aromatic heterocycles. The minimum absolute atomic E-state index is 0.448. The molecule has 0 saturated carbocycles. The summed E-state index contributed by atoms with van der Waals surface area (Å²) in [5, 5.41) is 9.92. The largest absolute Gasteiger partial charge is 0.389 e. The molecule has 2 nitrogen and oxygen atoms in total. The van der Waals surface area contributed by atoms with Crippen LogP contribution in [0.5, 0.6) is 0 Å². The average molecular weight is 274 g/mol. The van der Waals surface area contributed by atoms with Crippen molar-refractivity contribution in [2.75, 3.05) is 0 Å². The van der Waals surface area contributed by atoms with Crippen molar-refractivity contribution in [3.63, 3.8) is 0 Å². The summed E-state index contributed by atoms with van der Waals surface area (Å²) in [4.78, 5) is 0.735. The van der Waals surface area contributed by atoms with Crippen LogP contribution >= 0.6 is 0 Å². The molecule has 2 aromatic carbocycles. The summed E-state index contributed by atoms with van der Waals surface area (Å²) >= 11 is 0. The summed E-state index contributed by atoms with van der Waals surface area (Å²) < 4.78 is 12.7. The fourth-order valence-corrected chi connectivity index (χ4v) is 3.74. The molecule has 2 atom stereocenters. The molecule has 3 heteroatoms. The second-order valence-corrected chi connectivity index (χ2v) is 6.59. The van der Waals surface area contributed by atoms with Crippen LogP contribution in [0.3, 0.4) is 0 Å². The summed E-state index contributed by atoms with van der Waals surface area (Å²) in [7, 11) is -1.29. The predicted octanol–water partition coefficient (Wildman–Crippen LogP) is 3.31. The van der Waals surface area contributed by atoms with E-state index in [4.69, 9.17) is 0 Å². The molecule has 0 radical (unpaired) electrons. The van der Waals surface area contributed by atoms with Crippen LogP contribution in [0.2, 0.25) is 0 Å². The Morgan fingerprint density at radius 1 is 0.947 bits per heavy atom. The highest BCUT2D eigenvalue weighted by atomic mass is 32.2. The first-order valence-corrected chi connectivity index (χ1v) is 7.44. The lowest BCUT2D eigenvalue weighted by molar-refractivity contribution is 0.0761. The highest BCUT2D eigenvalue weighted by Gasteiger charge is 2.34. The van der Waals surface area contributed by atoms with Crippen LogP contribution in [0, 0.1) is 0 Å². The minimum atomic E-state index is -1.29. The molecule has 1 N–H and O–H groups in total. The smallest absolute Gasteiger partial charge is 0.0925 e. The van der Waals surface area contributed by atoms with Crippen molar-refractivity contribution >= 4 is 10.8 Å². The van der Waals surface area contributed by atoms with E-state index in [9.17, 15) is 9.32 Å². The van der Waals surface area contributed by atoms with Gasteiger partial charge >= 0.3 is 0 Å². The molecule has 2 rings (SSSR count). The van der Waals surface area contributed by atoms with Crippen LogP contribution in [-0.2, 0) is 10.8 Å². The summed E-state index contributed by atoms with van der Waals surface area (Å²) in [5.41, 5.74) is -0.167. The Bertz CT molecular complexity index is 544. The van der Waals surface area contributed by atoms with Gasteiger partial charge < -0.3 is 5.11 Å².